The van der Waals surface area contributed by atoms with Crippen LogP contribution in [0.2, 0.25) is 0 Å². The summed E-state index contributed by atoms with van der Waals surface area (Å²) in [7, 11) is 1.36. The Morgan fingerprint density at radius 3 is 2.08 bits per heavy atom. The molecule has 13 heavy (non-hydrogen) atoms. The molecule has 0 bridgehead atoms. The van der Waals surface area contributed by atoms with Crippen LogP contribution in [0, 0.1) is 0 Å². The Morgan fingerprint density at radius 1 is 1.23 bits per heavy atom. The predicted octanol–water partition coefficient (Wildman–Crippen LogP) is 2.43. The number of nitrogens with zero attached hydrogens (tertiary/aromatic N) is 1. The third kappa shape index (κ3) is 2.21. The van der Waals surface area contributed by atoms with Crippen molar-refractivity contribution in [3.63, 3.8) is 0 Å². The molecule has 3 nitrogen and oxygen atoms in total. The highest BCUT2D eigenvalue weighted by atomic mass is 16.5. The zero-order chi connectivity index (χ0) is 9.84. The molecule has 0 atom stereocenters. The molecule has 1 rings (SSSR count). The molecule has 0 saturated carbocycles. The van der Waals surface area contributed by atoms with Crippen LogP contribution in [-0.2, 0) is 4.74 Å². The van der Waals surface area contributed by atoms with Gasteiger partial charge in [-0.1, -0.05) is 0 Å². The Hall–Kier alpha value is -1.51. The van der Waals surface area contributed by atoms with Crippen molar-refractivity contribution in [3.05, 3.63) is 35.7 Å². The van der Waals surface area contributed by atoms with Gasteiger partial charge in [0.2, 0.25) is 0 Å². The van der Waals surface area contributed by atoms with Gasteiger partial charge in [-0.2, -0.15) is 0 Å². The van der Waals surface area contributed by atoms with Gasteiger partial charge in [0.1, 0.15) is 0 Å². The van der Waals surface area contributed by atoms with Crippen molar-refractivity contribution < 1.29 is 9.53 Å². The van der Waals surface area contributed by atoms with Crippen LogP contribution in [-0.4, -0.2) is 18.1 Å². The Morgan fingerprint density at radius 2 is 1.69 bits per heavy atom. The zero-order valence-corrected chi connectivity index (χ0v) is 8.07. The van der Waals surface area contributed by atoms with Gasteiger partial charge in [0, 0.05) is 12.4 Å². The molecule has 1 aliphatic heterocycles. The van der Waals surface area contributed by atoms with Crippen LogP contribution in [0.4, 0.5) is 4.79 Å². The van der Waals surface area contributed by atoms with Gasteiger partial charge in [-0.3, -0.25) is 4.90 Å². The van der Waals surface area contributed by atoms with Gasteiger partial charge < -0.3 is 4.74 Å². The summed E-state index contributed by atoms with van der Waals surface area (Å²) >= 11 is 0. The van der Waals surface area contributed by atoms with E-state index in [2.05, 4.69) is 4.74 Å². The van der Waals surface area contributed by atoms with E-state index in [0.717, 1.165) is 11.1 Å². The lowest BCUT2D eigenvalue weighted by molar-refractivity contribution is 0.152. The van der Waals surface area contributed by atoms with E-state index in [1.54, 1.807) is 12.4 Å². The minimum Gasteiger partial charge on any atom is -0.452 e. The molecule has 0 fully saturated rings. The second-order valence-electron chi connectivity index (χ2n) is 2.87. The van der Waals surface area contributed by atoms with E-state index in [4.69, 9.17) is 0 Å². The maximum atomic E-state index is 11.1. The van der Waals surface area contributed by atoms with Crippen molar-refractivity contribution in [2.75, 3.05) is 7.11 Å². The highest BCUT2D eigenvalue weighted by Gasteiger charge is 2.08. The maximum Gasteiger partial charge on any atom is 0.417 e. The summed E-state index contributed by atoms with van der Waals surface area (Å²) in [5.41, 5.74) is 2.28. The number of hydrogen-bond donors (Lipinski definition) is 0. The van der Waals surface area contributed by atoms with Crippen molar-refractivity contribution in [2.24, 2.45) is 0 Å². The molecule has 0 radical (unpaired) electrons. The molecular formula is C10H13NO2. The zero-order valence-electron chi connectivity index (χ0n) is 8.07. The third-order valence-electron chi connectivity index (χ3n) is 1.98. The summed E-state index contributed by atoms with van der Waals surface area (Å²) in [6.45, 7) is 3.99. The molecule has 1 heterocycles. The summed E-state index contributed by atoms with van der Waals surface area (Å²) in [6.07, 6.45) is 6.76. The van der Waals surface area contributed by atoms with Gasteiger partial charge in [-0.05, 0) is 37.1 Å². The topological polar surface area (TPSA) is 29.5 Å². The van der Waals surface area contributed by atoms with E-state index in [-0.39, 0.29) is 6.09 Å². The highest BCUT2D eigenvalue weighted by molar-refractivity contribution is 5.70. The minimum atomic E-state index is -0.380. The summed E-state index contributed by atoms with van der Waals surface area (Å²) in [6, 6.07) is 0. The van der Waals surface area contributed by atoms with Crippen LogP contribution in [0.5, 0.6) is 0 Å². The Bertz CT molecular complexity index is 278. The lowest BCUT2D eigenvalue weighted by Gasteiger charge is -2.09. The van der Waals surface area contributed by atoms with E-state index in [9.17, 15) is 4.79 Å². The van der Waals surface area contributed by atoms with Gasteiger partial charge >= 0.3 is 6.09 Å². The Kier molecular flexibility index (Phi) is 2.90. The first-order valence-electron chi connectivity index (χ1n) is 4.05. The molecule has 0 aromatic rings. The normalized spacial score (nSPS) is 16.1. The van der Waals surface area contributed by atoms with Gasteiger partial charge in [0.05, 0.1) is 7.11 Å². The minimum absolute atomic E-state index is 0.380. The van der Waals surface area contributed by atoms with E-state index in [1.165, 1.54) is 12.0 Å². The fraction of sp³-hybridized carbons (Fsp3) is 0.300. The van der Waals surface area contributed by atoms with Crippen LogP contribution in [0.3, 0.4) is 0 Å². The standard InChI is InChI=1S/C10H13NO2/c1-8-4-6-11(10(12)13-3)7-5-9(8)2/h4-7H,1-3H3. The van der Waals surface area contributed by atoms with Gasteiger partial charge in [-0.15, -0.1) is 0 Å². The number of rotatable bonds is 0. The molecule has 0 aliphatic carbocycles. The molecule has 70 valence electrons. The fourth-order valence-electron chi connectivity index (χ4n) is 0.924. The molecular weight excluding hydrogens is 166 g/mol. The molecule has 1 aliphatic rings. The number of allylic oxidation sites excluding steroid dienone is 4. The molecule has 0 aromatic heterocycles. The van der Waals surface area contributed by atoms with Crippen LogP contribution in [0.15, 0.2) is 35.7 Å². The lowest BCUT2D eigenvalue weighted by Crippen LogP contribution is -2.18. The molecule has 1 amide bonds. The van der Waals surface area contributed by atoms with Crippen molar-refractivity contribution in [3.8, 4) is 0 Å². The smallest absolute Gasteiger partial charge is 0.417 e. The van der Waals surface area contributed by atoms with Crippen molar-refractivity contribution >= 4 is 6.09 Å². The van der Waals surface area contributed by atoms with Crippen molar-refractivity contribution in [2.45, 2.75) is 13.8 Å². The van der Waals surface area contributed by atoms with Crippen LogP contribution < -0.4 is 0 Å². The number of ether oxygens (including phenoxy) is 1. The number of carbonyl (C=O) groups is 1. The van der Waals surface area contributed by atoms with Gasteiger partial charge in [0.15, 0.2) is 0 Å². The SMILES string of the molecule is COC(=O)N1C=CC(C)=C(C)C=C1. The number of amides is 1. The molecule has 0 N–H and O–H groups in total. The van der Waals surface area contributed by atoms with E-state index in [0.29, 0.717) is 0 Å². The van der Waals surface area contributed by atoms with Crippen molar-refractivity contribution in [1.82, 2.24) is 4.90 Å². The molecule has 0 saturated heterocycles. The fourth-order valence-corrected chi connectivity index (χ4v) is 0.924. The number of methoxy groups -OCH3 is 1. The summed E-state index contributed by atoms with van der Waals surface area (Å²) in [5, 5.41) is 0. The third-order valence-corrected chi connectivity index (χ3v) is 1.98. The predicted molar refractivity (Wildman–Crippen MR) is 50.9 cm³/mol. The van der Waals surface area contributed by atoms with Gasteiger partial charge in [-0.25, -0.2) is 4.79 Å². The Balaban J connectivity index is 2.84. The lowest BCUT2D eigenvalue weighted by atomic mass is 10.1. The molecule has 0 unspecified atom stereocenters. The van der Waals surface area contributed by atoms with E-state index >= 15 is 0 Å². The van der Waals surface area contributed by atoms with E-state index < -0.39 is 0 Å². The number of carbonyl (C=O) groups excluding carboxylic acids is 1. The average molecular weight is 179 g/mol. The Labute approximate surface area is 78.0 Å². The second kappa shape index (κ2) is 3.94. The van der Waals surface area contributed by atoms with E-state index in [1.807, 2.05) is 26.0 Å². The average Bonchev–Trinajstić information content (AvgIpc) is 2.30. The number of hydrogen-bond acceptors (Lipinski definition) is 2. The van der Waals surface area contributed by atoms with Crippen LogP contribution in [0.25, 0.3) is 0 Å². The summed E-state index contributed by atoms with van der Waals surface area (Å²) in [4.78, 5) is 12.5. The monoisotopic (exact) mass is 179 g/mol. The first kappa shape index (κ1) is 9.58. The highest BCUT2D eigenvalue weighted by Crippen LogP contribution is 2.12. The quantitative estimate of drug-likeness (QED) is 0.571. The largest absolute Gasteiger partial charge is 0.452 e. The van der Waals surface area contributed by atoms with Crippen LogP contribution >= 0.6 is 0 Å². The maximum absolute atomic E-state index is 11.1. The summed E-state index contributed by atoms with van der Waals surface area (Å²) in [5.74, 6) is 0. The van der Waals surface area contributed by atoms with Crippen LogP contribution in [0.1, 0.15) is 13.8 Å². The first-order valence-corrected chi connectivity index (χ1v) is 4.05. The molecule has 0 spiro atoms. The molecule has 3 heteroatoms. The first-order chi connectivity index (χ1) is 6.15. The van der Waals surface area contributed by atoms with Gasteiger partial charge in [0.25, 0.3) is 0 Å². The second-order valence-corrected chi connectivity index (χ2v) is 2.87. The summed E-state index contributed by atoms with van der Waals surface area (Å²) < 4.78 is 4.58. The van der Waals surface area contributed by atoms with Crippen molar-refractivity contribution in [1.29, 1.82) is 0 Å². The molecule has 0 aromatic carbocycles.